The Balaban J connectivity index is 1.52. The summed E-state index contributed by atoms with van der Waals surface area (Å²) < 4.78 is 13.6. The summed E-state index contributed by atoms with van der Waals surface area (Å²) in [7, 11) is 0. The zero-order valence-electron chi connectivity index (χ0n) is 27.7. The molecule has 0 aliphatic rings. The van der Waals surface area contributed by atoms with Crippen LogP contribution >= 0.6 is 0 Å². The molecule has 0 bridgehead atoms. The summed E-state index contributed by atoms with van der Waals surface area (Å²) in [6.45, 7) is 8.48. The first-order valence-corrected chi connectivity index (χ1v) is 16.1. The summed E-state index contributed by atoms with van der Waals surface area (Å²) in [5, 5.41) is 0. The molecule has 0 fully saturated rings. The fourth-order valence-electron chi connectivity index (χ4n) is 6.46. The van der Waals surface area contributed by atoms with Crippen molar-refractivity contribution in [2.75, 3.05) is 11.5 Å². The van der Waals surface area contributed by atoms with Crippen LogP contribution in [-0.2, 0) is 10.8 Å². The van der Waals surface area contributed by atoms with Crippen LogP contribution in [0, 0.1) is 0 Å². The Hall–Kier alpha value is -5.81. The molecule has 48 heavy (non-hydrogen) atoms. The summed E-state index contributed by atoms with van der Waals surface area (Å²) in [4.78, 5) is 14.1. The second-order valence-corrected chi connectivity index (χ2v) is 13.0. The number of carbonyl (C=O) groups is 1. The van der Waals surface area contributed by atoms with E-state index in [1.165, 1.54) is 0 Å². The molecule has 5 heteroatoms. The van der Waals surface area contributed by atoms with Crippen LogP contribution in [0.15, 0.2) is 146 Å². The lowest BCUT2D eigenvalue weighted by molar-refractivity contribution is 0.103. The lowest BCUT2D eigenvalue weighted by Gasteiger charge is -2.31. The number of hydrogen-bond acceptors (Lipinski definition) is 5. The molecule has 0 saturated heterocycles. The molecule has 5 nitrogen and oxygen atoms in total. The van der Waals surface area contributed by atoms with Crippen molar-refractivity contribution in [1.29, 1.82) is 0 Å². The molecule has 0 unspecified atom stereocenters. The van der Waals surface area contributed by atoms with Gasteiger partial charge in [0.2, 0.25) is 0 Å². The van der Waals surface area contributed by atoms with Crippen LogP contribution in [0.25, 0.3) is 0 Å². The predicted molar refractivity (Wildman–Crippen MR) is 195 cm³/mol. The van der Waals surface area contributed by atoms with Crippen molar-refractivity contribution >= 4 is 17.2 Å². The third kappa shape index (κ3) is 6.15. The minimum atomic E-state index is -0.526. The molecule has 6 aromatic carbocycles. The van der Waals surface area contributed by atoms with Crippen molar-refractivity contribution in [3.63, 3.8) is 0 Å². The number of hydrogen-bond donors (Lipinski definition) is 2. The molecule has 0 amide bonds. The molecule has 4 N–H and O–H groups in total. The van der Waals surface area contributed by atoms with Crippen LogP contribution < -0.4 is 20.9 Å². The number of benzene rings is 6. The number of carbonyl (C=O) groups excluding carboxylic acids is 1. The second kappa shape index (κ2) is 13.1. The number of para-hydroxylation sites is 1. The average Bonchev–Trinajstić information content (AvgIpc) is 3.09. The number of anilines is 2. The van der Waals surface area contributed by atoms with E-state index in [0.29, 0.717) is 39.8 Å². The highest BCUT2D eigenvalue weighted by Gasteiger charge is 2.32. The number of ether oxygens (including phenoxy) is 2. The van der Waals surface area contributed by atoms with Gasteiger partial charge in [-0.2, -0.15) is 0 Å². The SMILES string of the molecule is CC(C)(c1ccccc1)c1c(N)cccc1Oc1cccc(C(=O)c2ccccc2)c1Oc1cccc(N)c1C(C)(C)c1ccccc1. The maximum Gasteiger partial charge on any atom is 0.196 e. The molecule has 0 radical (unpaired) electrons. The Morgan fingerprint density at radius 2 is 0.896 bits per heavy atom. The van der Waals surface area contributed by atoms with E-state index in [9.17, 15) is 4.79 Å². The van der Waals surface area contributed by atoms with Gasteiger partial charge in [0, 0.05) is 38.9 Å². The van der Waals surface area contributed by atoms with Gasteiger partial charge in [-0.3, -0.25) is 4.79 Å². The van der Waals surface area contributed by atoms with Gasteiger partial charge in [0.1, 0.15) is 11.5 Å². The summed E-state index contributed by atoms with van der Waals surface area (Å²) in [5.41, 5.74) is 18.2. The molecule has 0 aliphatic heterocycles. The first kappa shape index (κ1) is 32.1. The van der Waals surface area contributed by atoms with Gasteiger partial charge in [0.05, 0.1) is 5.56 Å². The summed E-state index contributed by atoms with van der Waals surface area (Å²) >= 11 is 0. The monoisotopic (exact) mass is 632 g/mol. The first-order chi connectivity index (χ1) is 23.1. The maximum absolute atomic E-state index is 14.1. The van der Waals surface area contributed by atoms with E-state index in [2.05, 4.69) is 52.0 Å². The van der Waals surface area contributed by atoms with Crippen molar-refractivity contribution in [2.45, 2.75) is 38.5 Å². The number of nitrogen functional groups attached to an aromatic ring is 2. The summed E-state index contributed by atoms with van der Waals surface area (Å²) in [6.07, 6.45) is 0. The fourth-order valence-corrected chi connectivity index (χ4v) is 6.46. The number of rotatable bonds is 10. The molecule has 6 aromatic rings. The van der Waals surface area contributed by atoms with Gasteiger partial charge >= 0.3 is 0 Å². The van der Waals surface area contributed by atoms with Crippen molar-refractivity contribution in [3.8, 4) is 23.0 Å². The number of ketones is 1. The van der Waals surface area contributed by atoms with E-state index < -0.39 is 10.8 Å². The average molecular weight is 633 g/mol. The molecule has 0 aromatic heterocycles. The molecule has 0 heterocycles. The Morgan fingerprint density at radius 3 is 1.40 bits per heavy atom. The minimum absolute atomic E-state index is 0.193. The highest BCUT2D eigenvalue weighted by atomic mass is 16.5. The number of nitrogens with two attached hydrogens (primary N) is 2. The Morgan fingerprint density at radius 1 is 0.479 bits per heavy atom. The highest BCUT2D eigenvalue weighted by molar-refractivity contribution is 6.11. The zero-order chi connectivity index (χ0) is 33.9. The van der Waals surface area contributed by atoms with Gasteiger partial charge in [-0.1, -0.05) is 137 Å². The third-order valence-corrected chi connectivity index (χ3v) is 9.05. The topological polar surface area (TPSA) is 87.6 Å². The smallest absolute Gasteiger partial charge is 0.196 e. The normalized spacial score (nSPS) is 11.6. The Kier molecular flexibility index (Phi) is 8.79. The lowest BCUT2D eigenvalue weighted by atomic mass is 9.77. The van der Waals surface area contributed by atoms with Gasteiger partial charge in [-0.05, 0) is 47.5 Å². The van der Waals surface area contributed by atoms with Crippen LogP contribution in [-0.4, -0.2) is 5.78 Å². The van der Waals surface area contributed by atoms with Crippen LogP contribution in [0.5, 0.6) is 23.0 Å². The van der Waals surface area contributed by atoms with Crippen molar-refractivity contribution in [1.82, 2.24) is 0 Å². The molecule has 0 spiro atoms. The molecule has 6 rings (SSSR count). The van der Waals surface area contributed by atoms with Crippen LogP contribution in [0.3, 0.4) is 0 Å². The maximum atomic E-state index is 14.1. The van der Waals surface area contributed by atoms with E-state index >= 15 is 0 Å². The fraction of sp³-hybridized carbons (Fsp3) is 0.140. The van der Waals surface area contributed by atoms with E-state index in [-0.39, 0.29) is 11.5 Å². The highest BCUT2D eigenvalue weighted by Crippen LogP contribution is 2.48. The first-order valence-electron chi connectivity index (χ1n) is 16.1. The van der Waals surface area contributed by atoms with Gasteiger partial charge in [-0.25, -0.2) is 0 Å². The summed E-state index contributed by atoms with van der Waals surface area (Å²) in [6, 6.07) is 46.2. The van der Waals surface area contributed by atoms with Crippen molar-refractivity contribution in [3.05, 3.63) is 179 Å². The Labute approximate surface area is 282 Å². The van der Waals surface area contributed by atoms with Gasteiger partial charge in [-0.15, -0.1) is 0 Å². The lowest BCUT2D eigenvalue weighted by Crippen LogP contribution is -2.22. The zero-order valence-corrected chi connectivity index (χ0v) is 27.7. The van der Waals surface area contributed by atoms with E-state index in [0.717, 1.165) is 22.3 Å². The van der Waals surface area contributed by atoms with Gasteiger partial charge < -0.3 is 20.9 Å². The van der Waals surface area contributed by atoms with Crippen molar-refractivity contribution in [2.24, 2.45) is 0 Å². The van der Waals surface area contributed by atoms with Crippen LogP contribution in [0.4, 0.5) is 11.4 Å². The third-order valence-electron chi connectivity index (χ3n) is 9.05. The van der Waals surface area contributed by atoms with Gasteiger partial charge in [0.15, 0.2) is 17.3 Å². The van der Waals surface area contributed by atoms with E-state index in [1.807, 2.05) is 97.1 Å². The van der Waals surface area contributed by atoms with E-state index in [1.54, 1.807) is 24.3 Å². The largest absolute Gasteiger partial charge is 0.453 e. The van der Waals surface area contributed by atoms with Crippen LogP contribution in [0.2, 0.25) is 0 Å². The van der Waals surface area contributed by atoms with E-state index in [4.69, 9.17) is 20.9 Å². The van der Waals surface area contributed by atoms with Crippen molar-refractivity contribution < 1.29 is 14.3 Å². The summed E-state index contributed by atoms with van der Waals surface area (Å²) in [5.74, 6) is 1.56. The molecule has 0 atom stereocenters. The minimum Gasteiger partial charge on any atom is -0.453 e. The molecular formula is C43H40N2O3. The van der Waals surface area contributed by atoms with Crippen LogP contribution in [0.1, 0.15) is 65.9 Å². The quantitative estimate of drug-likeness (QED) is 0.116. The molecular weight excluding hydrogens is 592 g/mol. The predicted octanol–water partition coefficient (Wildman–Crippen LogP) is 10.3. The van der Waals surface area contributed by atoms with Gasteiger partial charge in [0.25, 0.3) is 0 Å². The molecule has 0 aliphatic carbocycles. The molecule has 240 valence electrons. The molecule has 0 saturated carbocycles. The Bertz CT molecular complexity index is 2050. The standard InChI is InChI=1S/C43H40N2O3/c1-42(2,30-19-10-6-11-20-30)38-33(44)24-15-26-35(38)47-37-28-14-23-32(40(46)29-17-8-5-9-18-29)41(37)48-36-27-16-25-34(45)39(36)43(3,4)31-21-12-7-13-22-31/h5-28H,44-45H2,1-4H3. The second-order valence-electron chi connectivity index (χ2n) is 13.0.